The largest absolute Gasteiger partial charge is 0.308 e. The van der Waals surface area contributed by atoms with Gasteiger partial charge in [0, 0.05) is 43.7 Å². The standard InChI is InChI=1S/C51H28N6/c52-29-32-18-23-37(24-19-32)55-43-15-7-4-12-39(43)46-49-47(40-13-5-8-16-44(40)56(49)38-25-20-33(30-53)21-26-38)51-48(50(46)55)41-14-6-9-17-45(41)57(51)42-27-22-35(28-36(42)31-54)34-10-2-1-3-11-34/h1-28H. The molecule has 6 nitrogen and oxygen atoms in total. The molecule has 0 radical (unpaired) electrons. The fraction of sp³-hybridized carbons (Fsp3) is 0. The maximum Gasteiger partial charge on any atom is 0.101 e. The number of para-hydroxylation sites is 3. The average molecular weight is 725 g/mol. The van der Waals surface area contributed by atoms with Gasteiger partial charge in [-0.2, -0.15) is 15.8 Å². The lowest BCUT2D eigenvalue weighted by Gasteiger charge is -2.15. The van der Waals surface area contributed by atoms with E-state index in [-0.39, 0.29) is 0 Å². The predicted molar refractivity (Wildman–Crippen MR) is 229 cm³/mol. The first-order valence-electron chi connectivity index (χ1n) is 18.7. The fourth-order valence-electron chi connectivity index (χ4n) is 8.94. The summed E-state index contributed by atoms with van der Waals surface area (Å²) in [6.45, 7) is 0. The first-order chi connectivity index (χ1) is 28.2. The van der Waals surface area contributed by atoms with E-state index < -0.39 is 0 Å². The van der Waals surface area contributed by atoms with Crippen LogP contribution in [0.4, 0.5) is 0 Å². The molecular formula is C51H28N6. The second-order valence-electron chi connectivity index (χ2n) is 14.3. The minimum atomic E-state index is 0.565. The van der Waals surface area contributed by atoms with Gasteiger partial charge in [-0.3, -0.25) is 0 Å². The highest BCUT2D eigenvalue weighted by molar-refractivity contribution is 6.40. The Hall–Kier alpha value is -8.37. The molecule has 0 fully saturated rings. The highest BCUT2D eigenvalue weighted by Crippen LogP contribution is 2.50. The molecule has 6 heteroatoms. The van der Waals surface area contributed by atoms with E-state index in [9.17, 15) is 15.8 Å². The van der Waals surface area contributed by atoms with Gasteiger partial charge in [0.15, 0.2) is 0 Å². The number of nitrogens with zero attached hydrogens (tertiary/aromatic N) is 6. The summed E-state index contributed by atoms with van der Waals surface area (Å²) in [6.07, 6.45) is 0. The van der Waals surface area contributed by atoms with Crippen molar-refractivity contribution in [2.24, 2.45) is 0 Å². The third kappa shape index (κ3) is 4.55. The van der Waals surface area contributed by atoms with Gasteiger partial charge >= 0.3 is 0 Å². The summed E-state index contributed by atoms with van der Waals surface area (Å²) < 4.78 is 6.94. The summed E-state index contributed by atoms with van der Waals surface area (Å²) in [5.41, 5.74) is 12.5. The van der Waals surface area contributed by atoms with Gasteiger partial charge in [-0.1, -0.05) is 91.0 Å². The topological polar surface area (TPSA) is 86.2 Å². The number of benzene rings is 8. The Labute approximate surface area is 326 Å². The summed E-state index contributed by atoms with van der Waals surface area (Å²) >= 11 is 0. The zero-order valence-corrected chi connectivity index (χ0v) is 30.3. The SMILES string of the molecule is N#Cc1ccc(-n2c3ccccc3c3c2c2c4ccccc4n(-c4ccc(-c5ccccc5)cc4C#N)c2c2c4ccccc4n(-c4ccc(C#N)cc4)c32)cc1. The highest BCUT2D eigenvalue weighted by atomic mass is 15.0. The van der Waals surface area contributed by atoms with Gasteiger partial charge < -0.3 is 13.7 Å². The molecule has 0 saturated heterocycles. The van der Waals surface area contributed by atoms with Crippen molar-refractivity contribution in [3.8, 4) is 46.4 Å². The minimum Gasteiger partial charge on any atom is -0.308 e. The minimum absolute atomic E-state index is 0.565. The molecule has 57 heavy (non-hydrogen) atoms. The van der Waals surface area contributed by atoms with E-state index in [4.69, 9.17) is 0 Å². The van der Waals surface area contributed by atoms with Gasteiger partial charge in [0.05, 0.1) is 67.6 Å². The van der Waals surface area contributed by atoms with Crippen molar-refractivity contribution < 1.29 is 0 Å². The number of nitriles is 3. The number of rotatable bonds is 4. The zero-order chi connectivity index (χ0) is 38.2. The Morgan fingerprint density at radius 3 is 1.23 bits per heavy atom. The number of hydrogen-bond donors (Lipinski definition) is 0. The molecule has 0 atom stereocenters. The van der Waals surface area contributed by atoms with E-state index in [0.717, 1.165) is 93.6 Å². The molecule has 0 unspecified atom stereocenters. The molecule has 11 aromatic rings. The molecule has 3 heterocycles. The summed E-state index contributed by atoms with van der Waals surface area (Å²) in [4.78, 5) is 0. The van der Waals surface area contributed by atoms with Crippen molar-refractivity contribution in [2.45, 2.75) is 0 Å². The van der Waals surface area contributed by atoms with Crippen LogP contribution in [0.2, 0.25) is 0 Å². The highest BCUT2D eigenvalue weighted by Gasteiger charge is 2.29. The molecule has 0 aliphatic carbocycles. The van der Waals surface area contributed by atoms with Crippen LogP contribution in [0.5, 0.6) is 0 Å². The summed E-state index contributed by atoms with van der Waals surface area (Å²) in [5.74, 6) is 0. The van der Waals surface area contributed by atoms with Crippen molar-refractivity contribution in [1.82, 2.24) is 13.7 Å². The third-order valence-electron chi connectivity index (χ3n) is 11.3. The molecule has 0 bridgehead atoms. The van der Waals surface area contributed by atoms with Gasteiger partial charge in [-0.05, 0) is 90.0 Å². The fourth-order valence-corrected chi connectivity index (χ4v) is 8.94. The molecule has 3 aromatic heterocycles. The van der Waals surface area contributed by atoms with Crippen molar-refractivity contribution in [3.63, 3.8) is 0 Å². The molecular weight excluding hydrogens is 697 g/mol. The molecule has 0 saturated carbocycles. The van der Waals surface area contributed by atoms with E-state index in [1.165, 1.54) is 0 Å². The van der Waals surface area contributed by atoms with Crippen LogP contribution in [-0.2, 0) is 0 Å². The smallest absolute Gasteiger partial charge is 0.101 e. The average Bonchev–Trinajstić information content (AvgIpc) is 3.92. The van der Waals surface area contributed by atoms with Gasteiger partial charge in [0.1, 0.15) is 6.07 Å². The van der Waals surface area contributed by atoms with E-state index >= 15 is 0 Å². The lowest BCUT2D eigenvalue weighted by atomic mass is 10.0. The summed E-state index contributed by atoms with van der Waals surface area (Å²) in [6, 6.07) is 64.6. The molecule has 0 aliphatic rings. The molecule has 0 aliphatic heterocycles. The lowest BCUT2D eigenvalue weighted by molar-refractivity contribution is 1.16. The van der Waals surface area contributed by atoms with Crippen molar-refractivity contribution >= 4 is 65.4 Å². The molecule has 11 rings (SSSR count). The molecule has 0 spiro atoms. The Kier molecular flexibility index (Phi) is 6.95. The first-order valence-corrected chi connectivity index (χ1v) is 18.7. The van der Waals surface area contributed by atoms with Crippen LogP contribution >= 0.6 is 0 Å². The molecule has 8 aromatic carbocycles. The molecule has 0 amide bonds. The second kappa shape index (κ2) is 12.3. The van der Waals surface area contributed by atoms with E-state index in [1.54, 1.807) is 0 Å². The number of aromatic nitrogens is 3. The lowest BCUT2D eigenvalue weighted by Crippen LogP contribution is -2.00. The summed E-state index contributed by atoms with van der Waals surface area (Å²) in [7, 11) is 0. The van der Waals surface area contributed by atoms with Gasteiger partial charge in [-0.15, -0.1) is 0 Å². The van der Waals surface area contributed by atoms with E-state index in [1.807, 2.05) is 72.8 Å². The normalized spacial score (nSPS) is 11.5. The van der Waals surface area contributed by atoms with Crippen LogP contribution in [0.15, 0.2) is 170 Å². The Balaban J connectivity index is 1.43. The third-order valence-corrected chi connectivity index (χ3v) is 11.3. The van der Waals surface area contributed by atoms with Crippen molar-refractivity contribution in [2.75, 3.05) is 0 Å². The zero-order valence-electron chi connectivity index (χ0n) is 30.3. The maximum absolute atomic E-state index is 10.9. The molecule has 262 valence electrons. The number of hydrogen-bond acceptors (Lipinski definition) is 3. The Bertz CT molecular complexity index is 3490. The second-order valence-corrected chi connectivity index (χ2v) is 14.3. The van der Waals surface area contributed by atoms with Crippen molar-refractivity contribution in [3.05, 3.63) is 187 Å². The van der Waals surface area contributed by atoms with Crippen LogP contribution < -0.4 is 0 Å². The monoisotopic (exact) mass is 724 g/mol. The van der Waals surface area contributed by atoms with Crippen LogP contribution in [0.25, 0.3) is 93.6 Å². The predicted octanol–water partition coefficient (Wildman–Crippen LogP) is 12.3. The first kappa shape index (κ1) is 32.1. The summed E-state index contributed by atoms with van der Waals surface area (Å²) in [5, 5.41) is 36.8. The van der Waals surface area contributed by atoms with Gasteiger partial charge in [0.25, 0.3) is 0 Å². The van der Waals surface area contributed by atoms with Crippen LogP contribution in [0.3, 0.4) is 0 Å². The van der Waals surface area contributed by atoms with Gasteiger partial charge in [0.2, 0.25) is 0 Å². The van der Waals surface area contributed by atoms with Crippen molar-refractivity contribution in [1.29, 1.82) is 15.8 Å². The van der Waals surface area contributed by atoms with Crippen LogP contribution in [0, 0.1) is 34.0 Å². The molecule has 0 N–H and O–H groups in total. The van der Waals surface area contributed by atoms with Crippen LogP contribution in [-0.4, -0.2) is 13.7 Å². The van der Waals surface area contributed by atoms with E-state index in [2.05, 4.69) is 129 Å². The Morgan fingerprint density at radius 2 is 0.772 bits per heavy atom. The Morgan fingerprint density at radius 1 is 0.351 bits per heavy atom. The quantitative estimate of drug-likeness (QED) is 0.181. The van der Waals surface area contributed by atoms with Crippen LogP contribution in [0.1, 0.15) is 16.7 Å². The van der Waals surface area contributed by atoms with E-state index in [0.29, 0.717) is 16.7 Å². The van der Waals surface area contributed by atoms with Gasteiger partial charge in [-0.25, -0.2) is 0 Å². The maximum atomic E-state index is 10.9. The number of fused-ring (bicyclic) bond motifs is 12.